The van der Waals surface area contributed by atoms with Crippen molar-refractivity contribution in [2.45, 2.75) is 44.4 Å². The maximum Gasteiger partial charge on any atom is 0.256 e. The Morgan fingerprint density at radius 2 is 1.75 bits per heavy atom. The van der Waals surface area contributed by atoms with Gasteiger partial charge in [0.25, 0.3) is 5.91 Å². The molecule has 0 aliphatic heterocycles. The molecule has 1 saturated carbocycles. The molecule has 2 aromatic carbocycles. The summed E-state index contributed by atoms with van der Waals surface area (Å²) in [5.74, 6) is -1.62. The first-order valence-corrected chi connectivity index (χ1v) is 10.5. The van der Waals surface area contributed by atoms with Crippen LogP contribution >= 0.6 is 0 Å². The zero-order valence-electron chi connectivity index (χ0n) is 17.6. The number of carbonyl (C=O) groups is 1. The number of hydrogen-bond acceptors (Lipinski definition) is 4. The second-order valence-corrected chi connectivity index (χ2v) is 8.08. The first-order chi connectivity index (χ1) is 15.4. The average molecular weight is 442 g/mol. The molecule has 3 aromatic rings. The molecule has 0 bridgehead atoms. The van der Waals surface area contributed by atoms with Gasteiger partial charge in [0, 0.05) is 18.8 Å². The third kappa shape index (κ3) is 4.36. The van der Waals surface area contributed by atoms with Crippen LogP contribution in [0, 0.1) is 11.6 Å². The fourth-order valence-electron chi connectivity index (χ4n) is 4.15. The van der Waals surface area contributed by atoms with Gasteiger partial charge in [-0.05, 0) is 55.5 Å². The van der Waals surface area contributed by atoms with Gasteiger partial charge in [0.1, 0.15) is 22.9 Å². The van der Waals surface area contributed by atoms with Crippen LogP contribution in [0.5, 0.6) is 5.75 Å². The first-order valence-electron chi connectivity index (χ1n) is 10.5. The summed E-state index contributed by atoms with van der Waals surface area (Å²) in [6.45, 7) is 0.122. The van der Waals surface area contributed by atoms with Crippen LogP contribution in [-0.2, 0) is 6.54 Å². The molecule has 6 nitrogen and oxygen atoms in total. The number of amides is 1. The van der Waals surface area contributed by atoms with Crippen LogP contribution < -0.4 is 15.5 Å². The summed E-state index contributed by atoms with van der Waals surface area (Å²) in [6.07, 6.45) is 3.19. The van der Waals surface area contributed by atoms with Crippen LogP contribution in [0.2, 0.25) is 0 Å². The minimum Gasteiger partial charge on any atom is -0.497 e. The van der Waals surface area contributed by atoms with Crippen LogP contribution in [0.25, 0.3) is 10.9 Å². The van der Waals surface area contributed by atoms with Crippen molar-refractivity contribution in [2.75, 3.05) is 7.11 Å². The van der Waals surface area contributed by atoms with E-state index in [0.29, 0.717) is 31.4 Å². The smallest absolute Gasteiger partial charge is 0.256 e. The van der Waals surface area contributed by atoms with Crippen LogP contribution in [-0.4, -0.2) is 34.8 Å². The lowest BCUT2D eigenvalue weighted by molar-refractivity contribution is 0.0866. The molecule has 32 heavy (non-hydrogen) atoms. The van der Waals surface area contributed by atoms with E-state index in [-0.39, 0.29) is 29.8 Å². The van der Waals surface area contributed by atoms with Gasteiger partial charge in [0.05, 0.1) is 24.1 Å². The van der Waals surface area contributed by atoms with Crippen LogP contribution in [0.15, 0.2) is 47.4 Å². The standard InChI is InChI=1S/C24H24F2N2O4/c1-32-17-8-2-14(3-9-17)12-28-13-18(24(31)27-15-4-6-16(29)7-5-15)23(30)21-19(25)10-11-20(26)22(21)28/h2-3,8-11,13,15-16,29H,4-7,12H2,1H3,(H,27,31)/t15-,16-. The lowest BCUT2D eigenvalue weighted by atomic mass is 9.93. The third-order valence-corrected chi connectivity index (χ3v) is 5.91. The summed E-state index contributed by atoms with van der Waals surface area (Å²) in [7, 11) is 1.54. The SMILES string of the molecule is COc1ccc(Cn2cc(C(=O)N[C@H]3CC[C@H](O)CC3)c(=O)c3c(F)ccc(F)c32)cc1. The minimum atomic E-state index is -0.884. The molecule has 1 aliphatic rings. The van der Waals surface area contributed by atoms with E-state index in [2.05, 4.69) is 5.32 Å². The largest absolute Gasteiger partial charge is 0.497 e. The van der Waals surface area contributed by atoms with Crippen molar-refractivity contribution < 1.29 is 23.4 Å². The Bertz CT molecular complexity index is 1200. The highest BCUT2D eigenvalue weighted by Gasteiger charge is 2.25. The molecule has 1 fully saturated rings. The summed E-state index contributed by atoms with van der Waals surface area (Å²) >= 11 is 0. The molecule has 1 aromatic heterocycles. The monoisotopic (exact) mass is 442 g/mol. The predicted octanol–water partition coefficient (Wildman–Crippen LogP) is 3.37. The van der Waals surface area contributed by atoms with Crippen molar-refractivity contribution in [3.05, 3.63) is 75.6 Å². The summed E-state index contributed by atoms with van der Waals surface area (Å²) in [5, 5.41) is 12.0. The maximum absolute atomic E-state index is 14.7. The number of methoxy groups -OCH3 is 1. The van der Waals surface area contributed by atoms with E-state index in [1.54, 1.807) is 31.4 Å². The Hall–Kier alpha value is -3.26. The predicted molar refractivity (Wildman–Crippen MR) is 116 cm³/mol. The number of nitrogens with one attached hydrogen (secondary N) is 1. The highest BCUT2D eigenvalue weighted by atomic mass is 19.1. The number of aliphatic hydroxyl groups is 1. The number of hydrogen-bond donors (Lipinski definition) is 2. The van der Waals surface area contributed by atoms with Gasteiger partial charge in [-0.25, -0.2) is 8.78 Å². The van der Waals surface area contributed by atoms with Crippen molar-refractivity contribution in [3.63, 3.8) is 0 Å². The number of ether oxygens (including phenoxy) is 1. The van der Waals surface area contributed by atoms with Crippen molar-refractivity contribution in [3.8, 4) is 5.75 Å². The van der Waals surface area contributed by atoms with E-state index in [4.69, 9.17) is 4.74 Å². The van der Waals surface area contributed by atoms with Gasteiger partial charge < -0.3 is 19.7 Å². The molecule has 1 amide bonds. The molecule has 0 radical (unpaired) electrons. The molecular weight excluding hydrogens is 418 g/mol. The quantitative estimate of drug-likeness (QED) is 0.635. The van der Waals surface area contributed by atoms with E-state index >= 15 is 0 Å². The van der Waals surface area contributed by atoms with Gasteiger partial charge in [0.2, 0.25) is 5.43 Å². The normalized spacial score (nSPS) is 18.5. The molecule has 2 N–H and O–H groups in total. The van der Waals surface area contributed by atoms with Crippen molar-refractivity contribution in [2.24, 2.45) is 0 Å². The second kappa shape index (κ2) is 9.08. The number of fused-ring (bicyclic) bond motifs is 1. The molecule has 0 atom stereocenters. The van der Waals surface area contributed by atoms with Gasteiger partial charge in [0.15, 0.2) is 0 Å². The van der Waals surface area contributed by atoms with E-state index in [1.807, 2.05) is 0 Å². The Balaban J connectivity index is 1.76. The van der Waals surface area contributed by atoms with Gasteiger partial charge in [-0.15, -0.1) is 0 Å². The fourth-order valence-corrected chi connectivity index (χ4v) is 4.15. The highest BCUT2D eigenvalue weighted by molar-refractivity contribution is 5.97. The fraction of sp³-hybridized carbons (Fsp3) is 0.333. The number of rotatable bonds is 5. The van der Waals surface area contributed by atoms with Crippen LogP contribution in [0.1, 0.15) is 41.6 Å². The number of halogens is 2. The molecule has 1 aliphatic carbocycles. The minimum absolute atomic E-state index is 0.122. The Morgan fingerprint density at radius 3 is 2.41 bits per heavy atom. The van der Waals surface area contributed by atoms with Gasteiger partial charge in [-0.2, -0.15) is 0 Å². The van der Waals surface area contributed by atoms with Crippen LogP contribution in [0.4, 0.5) is 8.78 Å². The molecular formula is C24H24F2N2O4. The number of benzene rings is 2. The number of nitrogens with zero attached hydrogens (tertiary/aromatic N) is 1. The van der Waals surface area contributed by atoms with E-state index in [9.17, 15) is 23.5 Å². The van der Waals surface area contributed by atoms with Crippen molar-refractivity contribution in [1.29, 1.82) is 0 Å². The van der Waals surface area contributed by atoms with Crippen molar-refractivity contribution >= 4 is 16.8 Å². The highest BCUT2D eigenvalue weighted by Crippen LogP contribution is 2.22. The molecule has 0 unspecified atom stereocenters. The number of aliphatic hydroxyl groups excluding tert-OH is 1. The first kappa shape index (κ1) is 22.0. The topological polar surface area (TPSA) is 80.6 Å². The van der Waals surface area contributed by atoms with Gasteiger partial charge >= 0.3 is 0 Å². The van der Waals surface area contributed by atoms with Gasteiger partial charge in [-0.3, -0.25) is 9.59 Å². The lowest BCUT2D eigenvalue weighted by Gasteiger charge is -2.26. The van der Waals surface area contributed by atoms with E-state index in [0.717, 1.165) is 17.7 Å². The molecule has 168 valence electrons. The van der Waals surface area contributed by atoms with Crippen molar-refractivity contribution in [1.82, 2.24) is 9.88 Å². The number of carbonyl (C=O) groups excluding carboxylic acids is 1. The summed E-state index contributed by atoms with van der Waals surface area (Å²) in [6, 6.07) is 8.69. The molecule has 8 heteroatoms. The third-order valence-electron chi connectivity index (χ3n) is 5.91. The van der Waals surface area contributed by atoms with E-state index < -0.39 is 28.4 Å². The summed E-state index contributed by atoms with van der Waals surface area (Å²) < 4.78 is 35.9. The lowest BCUT2D eigenvalue weighted by Crippen LogP contribution is -2.40. The molecule has 0 saturated heterocycles. The Labute approximate surface area is 183 Å². The summed E-state index contributed by atoms with van der Waals surface area (Å²) in [5.41, 5.74) is -0.534. The zero-order chi connectivity index (χ0) is 22.8. The maximum atomic E-state index is 14.7. The number of aromatic nitrogens is 1. The zero-order valence-corrected chi connectivity index (χ0v) is 17.6. The second-order valence-electron chi connectivity index (χ2n) is 8.08. The molecule has 0 spiro atoms. The average Bonchev–Trinajstić information content (AvgIpc) is 2.79. The van der Waals surface area contributed by atoms with Crippen LogP contribution in [0.3, 0.4) is 0 Å². The molecule has 1 heterocycles. The molecule has 4 rings (SSSR count). The van der Waals surface area contributed by atoms with Gasteiger partial charge in [-0.1, -0.05) is 12.1 Å². The number of pyridine rings is 1. The Morgan fingerprint density at radius 1 is 1.09 bits per heavy atom. The Kier molecular flexibility index (Phi) is 6.23. The summed E-state index contributed by atoms with van der Waals surface area (Å²) in [4.78, 5) is 25.9. The van der Waals surface area contributed by atoms with E-state index in [1.165, 1.54) is 10.8 Å².